The highest BCUT2D eigenvalue weighted by molar-refractivity contribution is 5.69. The van der Waals surface area contributed by atoms with Gasteiger partial charge in [0.15, 0.2) is 0 Å². The molecule has 84 valence electrons. The molecule has 1 rings (SSSR count). The van der Waals surface area contributed by atoms with Crippen molar-refractivity contribution >= 4 is 6.09 Å². The van der Waals surface area contributed by atoms with Gasteiger partial charge in [0.05, 0.1) is 6.04 Å². The maximum absolute atomic E-state index is 11.8. The van der Waals surface area contributed by atoms with E-state index in [-0.39, 0.29) is 12.1 Å². The number of hydrogen-bond acceptors (Lipinski definition) is 2. The Morgan fingerprint density at radius 2 is 2.13 bits per heavy atom. The lowest BCUT2D eigenvalue weighted by atomic mass is 10.1. The van der Waals surface area contributed by atoms with Crippen molar-refractivity contribution in [3.05, 3.63) is 0 Å². The second kappa shape index (κ2) is 4.14. The molecule has 0 aliphatic carbocycles. The van der Waals surface area contributed by atoms with Crippen LogP contribution in [0.3, 0.4) is 0 Å². The van der Waals surface area contributed by atoms with Gasteiger partial charge < -0.3 is 4.74 Å². The average Bonchev–Trinajstić information content (AvgIpc) is 2.43. The van der Waals surface area contributed by atoms with Gasteiger partial charge in [0.2, 0.25) is 0 Å². The number of terminal acetylenes is 1. The monoisotopic (exact) mass is 209 g/mol. The number of carbonyl (C=O) groups excluding carboxylic acids is 1. The Bertz CT molecular complexity index is 285. The third kappa shape index (κ3) is 3.16. The highest BCUT2D eigenvalue weighted by Crippen LogP contribution is 2.24. The summed E-state index contributed by atoms with van der Waals surface area (Å²) in [5.74, 6) is 3.09. The lowest BCUT2D eigenvalue weighted by Crippen LogP contribution is -2.39. The second-order valence-electron chi connectivity index (χ2n) is 5.16. The van der Waals surface area contributed by atoms with Crippen LogP contribution in [-0.2, 0) is 4.74 Å². The number of ether oxygens (including phenoxy) is 1. The van der Waals surface area contributed by atoms with Crippen LogP contribution in [0, 0.1) is 18.3 Å². The van der Waals surface area contributed by atoms with Gasteiger partial charge in [0.25, 0.3) is 0 Å². The molecule has 1 heterocycles. The lowest BCUT2D eigenvalue weighted by Gasteiger charge is -2.26. The lowest BCUT2D eigenvalue weighted by molar-refractivity contribution is 0.0256. The van der Waals surface area contributed by atoms with E-state index in [0.717, 1.165) is 6.42 Å². The molecule has 3 nitrogen and oxygen atoms in total. The molecule has 0 bridgehead atoms. The molecule has 0 saturated carbocycles. The highest BCUT2D eigenvalue weighted by Gasteiger charge is 2.34. The maximum atomic E-state index is 11.8. The van der Waals surface area contributed by atoms with Gasteiger partial charge in [0, 0.05) is 6.54 Å². The minimum Gasteiger partial charge on any atom is -0.444 e. The smallest absolute Gasteiger partial charge is 0.411 e. The summed E-state index contributed by atoms with van der Waals surface area (Å²) >= 11 is 0. The Balaban J connectivity index is 2.64. The average molecular weight is 209 g/mol. The zero-order chi connectivity index (χ0) is 11.6. The quantitative estimate of drug-likeness (QED) is 0.573. The summed E-state index contributed by atoms with van der Waals surface area (Å²) in [6.07, 6.45) is 5.96. The molecular weight excluding hydrogens is 190 g/mol. The molecule has 1 aliphatic heterocycles. The van der Waals surface area contributed by atoms with Gasteiger partial charge in [-0.05, 0) is 33.1 Å². The summed E-state index contributed by atoms with van der Waals surface area (Å²) in [7, 11) is 0. The van der Waals surface area contributed by atoms with Crippen LogP contribution in [0.2, 0.25) is 0 Å². The number of amides is 1. The van der Waals surface area contributed by atoms with Crippen LogP contribution < -0.4 is 0 Å². The molecule has 0 radical (unpaired) electrons. The van der Waals surface area contributed by atoms with E-state index in [1.54, 1.807) is 4.90 Å². The molecular formula is C12H19NO2. The number of rotatable bonds is 0. The van der Waals surface area contributed by atoms with E-state index in [4.69, 9.17) is 11.2 Å². The van der Waals surface area contributed by atoms with E-state index in [9.17, 15) is 4.79 Å². The van der Waals surface area contributed by atoms with E-state index < -0.39 is 5.60 Å². The van der Waals surface area contributed by atoms with Gasteiger partial charge in [-0.1, -0.05) is 12.8 Å². The van der Waals surface area contributed by atoms with Crippen LogP contribution in [0.5, 0.6) is 0 Å². The molecule has 1 saturated heterocycles. The van der Waals surface area contributed by atoms with Crippen molar-refractivity contribution in [3.63, 3.8) is 0 Å². The summed E-state index contributed by atoms with van der Waals surface area (Å²) in [6, 6.07) is -0.102. The zero-order valence-electron chi connectivity index (χ0n) is 9.91. The maximum Gasteiger partial charge on any atom is 0.411 e. The molecule has 0 aromatic heterocycles. The van der Waals surface area contributed by atoms with Crippen LogP contribution in [0.25, 0.3) is 0 Å². The Kier molecular flexibility index (Phi) is 3.28. The zero-order valence-corrected chi connectivity index (χ0v) is 9.91. The topological polar surface area (TPSA) is 29.5 Å². The standard InChI is InChI=1S/C12H19NO2/c1-6-10-7-9(2)8-13(10)11(14)15-12(3,4)5/h1,9-10H,7-8H2,2-5H3/t9-,10+/m0/s1. The van der Waals surface area contributed by atoms with E-state index >= 15 is 0 Å². The second-order valence-corrected chi connectivity index (χ2v) is 5.16. The Morgan fingerprint density at radius 3 is 2.60 bits per heavy atom. The summed E-state index contributed by atoms with van der Waals surface area (Å²) < 4.78 is 5.29. The molecule has 0 aromatic rings. The van der Waals surface area contributed by atoms with Crippen LogP contribution in [0.1, 0.15) is 34.1 Å². The van der Waals surface area contributed by atoms with Gasteiger partial charge >= 0.3 is 6.09 Å². The molecule has 0 unspecified atom stereocenters. The fourth-order valence-electron chi connectivity index (χ4n) is 1.73. The first-order chi connectivity index (χ1) is 6.83. The van der Waals surface area contributed by atoms with E-state index in [1.807, 2.05) is 20.8 Å². The van der Waals surface area contributed by atoms with Crippen LogP contribution in [0.15, 0.2) is 0 Å². The molecule has 0 spiro atoms. The minimum atomic E-state index is -0.456. The Morgan fingerprint density at radius 1 is 1.53 bits per heavy atom. The summed E-state index contributed by atoms with van der Waals surface area (Å²) in [5, 5.41) is 0. The SMILES string of the molecule is C#C[C@@H]1C[C@H](C)CN1C(=O)OC(C)(C)C. The molecule has 3 heteroatoms. The van der Waals surface area contributed by atoms with Gasteiger partial charge in [-0.3, -0.25) is 4.90 Å². The van der Waals surface area contributed by atoms with Crippen molar-refractivity contribution in [2.45, 2.75) is 45.8 Å². The molecule has 0 aromatic carbocycles. The number of likely N-dealkylation sites (tertiary alicyclic amines) is 1. The summed E-state index contributed by atoms with van der Waals surface area (Å²) in [4.78, 5) is 13.4. The molecule has 15 heavy (non-hydrogen) atoms. The van der Waals surface area contributed by atoms with Crippen LogP contribution in [-0.4, -0.2) is 29.2 Å². The Labute approximate surface area is 91.8 Å². The first kappa shape index (κ1) is 11.9. The molecule has 2 atom stereocenters. The fraction of sp³-hybridized carbons (Fsp3) is 0.750. The highest BCUT2D eigenvalue weighted by atomic mass is 16.6. The third-order valence-corrected chi connectivity index (χ3v) is 2.33. The molecule has 1 fully saturated rings. The van der Waals surface area contributed by atoms with Crippen molar-refractivity contribution in [1.29, 1.82) is 0 Å². The summed E-state index contributed by atoms with van der Waals surface area (Å²) in [5.41, 5.74) is -0.456. The van der Waals surface area contributed by atoms with Crippen LogP contribution >= 0.6 is 0 Å². The van der Waals surface area contributed by atoms with Crippen molar-refractivity contribution in [3.8, 4) is 12.3 Å². The predicted octanol–water partition coefficient (Wildman–Crippen LogP) is 2.27. The van der Waals surface area contributed by atoms with E-state index in [0.29, 0.717) is 12.5 Å². The van der Waals surface area contributed by atoms with Crippen molar-refractivity contribution in [2.75, 3.05) is 6.54 Å². The fourth-order valence-corrected chi connectivity index (χ4v) is 1.73. The number of carbonyl (C=O) groups is 1. The van der Waals surface area contributed by atoms with Gasteiger partial charge in [0.1, 0.15) is 5.60 Å². The van der Waals surface area contributed by atoms with E-state index in [2.05, 4.69) is 12.8 Å². The predicted molar refractivity (Wildman–Crippen MR) is 59.3 cm³/mol. The van der Waals surface area contributed by atoms with Crippen molar-refractivity contribution in [2.24, 2.45) is 5.92 Å². The summed E-state index contributed by atoms with van der Waals surface area (Å²) in [6.45, 7) is 8.36. The van der Waals surface area contributed by atoms with Crippen molar-refractivity contribution < 1.29 is 9.53 Å². The minimum absolute atomic E-state index is 0.102. The largest absolute Gasteiger partial charge is 0.444 e. The normalized spacial score (nSPS) is 26.2. The van der Waals surface area contributed by atoms with E-state index in [1.165, 1.54) is 0 Å². The molecule has 1 aliphatic rings. The first-order valence-corrected chi connectivity index (χ1v) is 5.29. The molecule has 0 N–H and O–H groups in total. The number of hydrogen-bond donors (Lipinski definition) is 0. The number of nitrogens with zero attached hydrogens (tertiary/aromatic N) is 1. The van der Waals surface area contributed by atoms with Crippen LogP contribution in [0.4, 0.5) is 4.79 Å². The Hall–Kier alpha value is -1.17. The first-order valence-electron chi connectivity index (χ1n) is 5.29. The van der Waals surface area contributed by atoms with Crippen molar-refractivity contribution in [1.82, 2.24) is 4.90 Å². The molecule has 1 amide bonds. The van der Waals surface area contributed by atoms with Gasteiger partial charge in [-0.25, -0.2) is 4.79 Å². The van der Waals surface area contributed by atoms with Gasteiger partial charge in [-0.15, -0.1) is 6.42 Å². The van der Waals surface area contributed by atoms with Gasteiger partial charge in [-0.2, -0.15) is 0 Å². The third-order valence-electron chi connectivity index (χ3n) is 2.33.